The molecule has 6 aromatic heterocycles. The number of hydrogen-bond donors (Lipinski definition) is 1. The summed E-state index contributed by atoms with van der Waals surface area (Å²) in [4.78, 5) is 40.3. The third-order valence-electron chi connectivity index (χ3n) is 11.7. The summed E-state index contributed by atoms with van der Waals surface area (Å²) in [6, 6.07) is 19.6. The van der Waals surface area contributed by atoms with Crippen LogP contribution in [0.1, 0.15) is 42.4 Å². The van der Waals surface area contributed by atoms with Gasteiger partial charge in [-0.1, -0.05) is 19.1 Å². The lowest BCUT2D eigenvalue weighted by Gasteiger charge is -2.31. The van der Waals surface area contributed by atoms with Crippen LogP contribution in [0.4, 0.5) is 5.69 Å². The minimum atomic E-state index is -0.0635. The second-order valence-electron chi connectivity index (χ2n) is 15.8. The fourth-order valence-corrected chi connectivity index (χ4v) is 8.57. The third-order valence-corrected chi connectivity index (χ3v) is 11.7. The average molecular weight is 776 g/mol. The number of pyridine rings is 2. The van der Waals surface area contributed by atoms with Crippen LogP contribution in [0.2, 0.25) is 0 Å². The molecule has 0 spiro atoms. The number of piperazine rings is 1. The number of hydrogen-bond acceptors (Lipinski definition) is 9. The largest absolute Gasteiger partial charge is 0.368 e. The lowest BCUT2D eigenvalue weighted by Crippen LogP contribution is -2.43. The number of nitrogens with zero attached hydrogens (tertiary/aromatic N) is 10. The second-order valence-corrected chi connectivity index (χ2v) is 15.8. The third kappa shape index (κ3) is 7.27. The molecule has 0 bridgehead atoms. The van der Waals surface area contributed by atoms with Crippen LogP contribution in [0.15, 0.2) is 95.0 Å². The van der Waals surface area contributed by atoms with Crippen LogP contribution in [-0.4, -0.2) is 89.0 Å². The van der Waals surface area contributed by atoms with Crippen molar-refractivity contribution >= 4 is 38.8 Å². The summed E-state index contributed by atoms with van der Waals surface area (Å²) in [7, 11) is 3.82. The predicted molar refractivity (Wildman–Crippen MR) is 231 cm³/mol. The molecule has 13 nitrogen and oxygen atoms in total. The maximum absolute atomic E-state index is 13.0. The molecule has 8 aromatic rings. The first kappa shape index (κ1) is 37.4. The van der Waals surface area contributed by atoms with E-state index in [1.165, 1.54) is 5.56 Å². The minimum Gasteiger partial charge on any atom is -0.368 e. The molecular weight excluding hydrogens is 727 g/mol. The van der Waals surface area contributed by atoms with Crippen molar-refractivity contribution in [2.75, 3.05) is 50.7 Å². The van der Waals surface area contributed by atoms with E-state index in [9.17, 15) is 9.59 Å². The number of anilines is 1. The van der Waals surface area contributed by atoms with Gasteiger partial charge in [-0.15, -0.1) is 0 Å². The first-order chi connectivity index (χ1) is 28.1. The van der Waals surface area contributed by atoms with Crippen molar-refractivity contribution in [1.82, 2.24) is 48.5 Å². The summed E-state index contributed by atoms with van der Waals surface area (Å²) >= 11 is 0. The Balaban J connectivity index is 0.000000151. The number of benzene rings is 2. The van der Waals surface area contributed by atoms with Gasteiger partial charge in [-0.25, -0.2) is 9.97 Å². The fraction of sp³-hybridized carbons (Fsp3) is 0.333. The number of aromatic nitrogens is 8. The summed E-state index contributed by atoms with van der Waals surface area (Å²) in [5, 5.41) is 14.4. The van der Waals surface area contributed by atoms with E-state index in [1.807, 2.05) is 81.7 Å². The van der Waals surface area contributed by atoms with Crippen molar-refractivity contribution in [1.29, 1.82) is 0 Å². The van der Waals surface area contributed by atoms with Crippen LogP contribution in [0.3, 0.4) is 0 Å². The van der Waals surface area contributed by atoms with Crippen molar-refractivity contribution in [3.8, 4) is 22.5 Å². The number of fused-ring (bicyclic) bond motifs is 4. The van der Waals surface area contributed by atoms with Crippen molar-refractivity contribution < 1.29 is 0 Å². The van der Waals surface area contributed by atoms with Crippen molar-refractivity contribution in [3.05, 3.63) is 123 Å². The Hall–Kier alpha value is -6.18. The van der Waals surface area contributed by atoms with Gasteiger partial charge in [-0.3, -0.25) is 27.8 Å². The fourth-order valence-electron chi connectivity index (χ4n) is 8.57. The second kappa shape index (κ2) is 15.3. The van der Waals surface area contributed by atoms with Gasteiger partial charge < -0.3 is 15.1 Å². The molecule has 2 fully saturated rings. The van der Waals surface area contributed by atoms with Gasteiger partial charge in [0.2, 0.25) is 0 Å². The summed E-state index contributed by atoms with van der Waals surface area (Å²) in [5.41, 5.74) is 10.9. The van der Waals surface area contributed by atoms with Gasteiger partial charge in [-0.2, -0.15) is 10.2 Å². The molecular formula is C45H49N11O2. The molecule has 0 radical (unpaired) electrons. The zero-order valence-corrected chi connectivity index (χ0v) is 33.8. The molecule has 296 valence electrons. The van der Waals surface area contributed by atoms with Crippen LogP contribution in [0, 0.1) is 13.8 Å². The normalized spacial score (nSPS) is 15.4. The number of nitrogens with one attached hydrogen (secondary N) is 1. The van der Waals surface area contributed by atoms with Gasteiger partial charge in [0.05, 0.1) is 28.1 Å². The number of aryl methyl sites for hydroxylation is 4. The Labute approximate surface area is 336 Å². The minimum absolute atomic E-state index is 0.0354. The first-order valence-electron chi connectivity index (χ1n) is 20.2. The molecule has 0 unspecified atom stereocenters. The van der Waals surface area contributed by atoms with Gasteiger partial charge in [0.15, 0.2) is 0 Å². The monoisotopic (exact) mass is 775 g/mol. The van der Waals surface area contributed by atoms with Crippen LogP contribution in [-0.2, 0) is 14.1 Å². The molecule has 58 heavy (non-hydrogen) atoms. The quantitative estimate of drug-likeness (QED) is 0.234. The summed E-state index contributed by atoms with van der Waals surface area (Å²) in [6.07, 6.45) is 10.2. The Bertz CT molecular complexity index is 2940. The highest BCUT2D eigenvalue weighted by atomic mass is 16.1. The maximum Gasteiger partial charge on any atom is 0.258 e. The average Bonchev–Trinajstić information content (AvgIpc) is 3.82. The maximum atomic E-state index is 13.0. The SMILES string of the molecule is CCN1CCC(c2ccc3nc(-c4cc(C)c5nn(C)cc5c4)cc(=O)n3c2)CC1.Cc1cc(N2CCNCC2)cn2c(=O)cc(-c3ccc4nn(C)cc4c3)nc12. The summed E-state index contributed by atoms with van der Waals surface area (Å²) in [6.45, 7) is 13.4. The molecule has 0 atom stereocenters. The molecule has 2 aliphatic heterocycles. The Kier molecular flexibility index (Phi) is 9.86. The molecule has 10 rings (SSSR count). The van der Waals surface area contributed by atoms with E-state index < -0.39 is 0 Å². The lowest BCUT2D eigenvalue weighted by atomic mass is 9.90. The predicted octanol–water partition coefficient (Wildman–Crippen LogP) is 5.72. The Morgan fingerprint density at radius 2 is 1.40 bits per heavy atom. The van der Waals surface area contributed by atoms with E-state index in [0.29, 0.717) is 28.6 Å². The highest BCUT2D eigenvalue weighted by Crippen LogP contribution is 2.30. The van der Waals surface area contributed by atoms with Crippen LogP contribution in [0.25, 0.3) is 55.6 Å². The highest BCUT2D eigenvalue weighted by molar-refractivity contribution is 5.87. The van der Waals surface area contributed by atoms with Crippen LogP contribution in [0.5, 0.6) is 0 Å². The van der Waals surface area contributed by atoms with Gasteiger partial charge in [0, 0.05) is 99.1 Å². The zero-order valence-electron chi connectivity index (χ0n) is 33.8. The van der Waals surface area contributed by atoms with E-state index in [0.717, 1.165) is 108 Å². The molecule has 8 heterocycles. The van der Waals surface area contributed by atoms with Crippen molar-refractivity contribution in [2.24, 2.45) is 14.1 Å². The standard InChI is InChI=1S/C24H27N5O.C21H22N6O/c1-4-28-9-7-17(8-10-28)18-5-6-22-25-21(13-23(30)29(22)15-18)19-11-16(2)24-20(12-19)14-27(3)26-24;1-14-9-17(26-7-5-22-6-8-26)13-27-20(28)11-19(23-21(14)27)15-3-4-18-16(10-15)12-25(2)24-18/h5-6,11-15,17H,4,7-10H2,1-3H3;3-4,9-13,22H,5-8H2,1-2H3. The zero-order chi connectivity index (χ0) is 40.1. The molecule has 13 heteroatoms. The van der Waals surface area contributed by atoms with E-state index in [2.05, 4.69) is 56.5 Å². The topological polar surface area (TPSA) is 123 Å². The highest BCUT2D eigenvalue weighted by Gasteiger charge is 2.21. The molecule has 0 saturated carbocycles. The van der Waals surface area contributed by atoms with E-state index in [1.54, 1.807) is 25.6 Å². The van der Waals surface area contributed by atoms with Crippen LogP contribution < -0.4 is 21.3 Å². The molecule has 2 saturated heterocycles. The molecule has 0 aliphatic carbocycles. The molecule has 1 N–H and O–H groups in total. The first-order valence-corrected chi connectivity index (χ1v) is 20.2. The number of rotatable bonds is 5. The summed E-state index contributed by atoms with van der Waals surface area (Å²) < 4.78 is 6.97. The van der Waals surface area contributed by atoms with Gasteiger partial charge in [0.25, 0.3) is 11.1 Å². The van der Waals surface area contributed by atoms with Crippen molar-refractivity contribution in [2.45, 2.75) is 39.5 Å². The Morgan fingerprint density at radius 3 is 2.17 bits per heavy atom. The Morgan fingerprint density at radius 1 is 0.690 bits per heavy atom. The van der Waals surface area contributed by atoms with E-state index in [-0.39, 0.29) is 11.1 Å². The van der Waals surface area contributed by atoms with Crippen LogP contribution >= 0.6 is 0 Å². The van der Waals surface area contributed by atoms with Crippen molar-refractivity contribution in [3.63, 3.8) is 0 Å². The lowest BCUT2D eigenvalue weighted by molar-refractivity contribution is 0.222. The van der Waals surface area contributed by atoms with E-state index in [4.69, 9.17) is 9.97 Å². The smallest absolute Gasteiger partial charge is 0.258 e. The molecule has 0 amide bonds. The summed E-state index contributed by atoms with van der Waals surface area (Å²) in [5.74, 6) is 0.513. The molecule has 2 aliphatic rings. The number of likely N-dealkylation sites (tertiary alicyclic amines) is 1. The van der Waals surface area contributed by atoms with Gasteiger partial charge >= 0.3 is 0 Å². The van der Waals surface area contributed by atoms with Gasteiger partial charge in [0.1, 0.15) is 11.3 Å². The van der Waals surface area contributed by atoms with E-state index >= 15 is 0 Å². The van der Waals surface area contributed by atoms with Gasteiger partial charge in [-0.05, 0) is 105 Å². The number of piperidine rings is 1. The molecule has 2 aromatic carbocycles.